The van der Waals surface area contributed by atoms with Crippen molar-refractivity contribution in [3.8, 4) is 23.8 Å². The summed E-state index contributed by atoms with van der Waals surface area (Å²) < 4.78 is 33.4. The van der Waals surface area contributed by atoms with E-state index in [1.807, 2.05) is 0 Å². The average Bonchev–Trinajstić information content (AvgIpc) is 2.62. The molecule has 1 aliphatic heterocycles. The quantitative estimate of drug-likeness (QED) is 0.784. The molecule has 1 N–H and O–H groups in total. The molecular weight excluding hydrogens is 395 g/mol. The summed E-state index contributed by atoms with van der Waals surface area (Å²) in [4.78, 5) is 0.0194. The third-order valence-electron chi connectivity index (χ3n) is 3.87. The predicted octanol–water partition coefficient (Wildman–Crippen LogP) is 3.36. The first-order valence-electron chi connectivity index (χ1n) is 7.85. The van der Waals surface area contributed by atoms with E-state index in [4.69, 9.17) is 34.4 Å². The van der Waals surface area contributed by atoms with E-state index in [-0.39, 0.29) is 10.6 Å². The van der Waals surface area contributed by atoms with E-state index in [0.717, 1.165) is 0 Å². The molecule has 1 fully saturated rings. The molecular formula is C18H16Cl2N2O3S. The van der Waals surface area contributed by atoms with E-state index < -0.39 is 10.0 Å². The van der Waals surface area contributed by atoms with Gasteiger partial charge >= 0.3 is 0 Å². The van der Waals surface area contributed by atoms with Gasteiger partial charge in [-0.2, -0.15) is 4.31 Å². The number of ether oxygens (including phenoxy) is 1. The molecule has 0 bridgehead atoms. The van der Waals surface area contributed by atoms with Gasteiger partial charge in [0.25, 0.3) is 0 Å². The summed E-state index contributed by atoms with van der Waals surface area (Å²) in [5.41, 5.74) is 0.454. The Morgan fingerprint density at radius 2 is 1.73 bits per heavy atom. The van der Waals surface area contributed by atoms with Crippen LogP contribution in [0.4, 0.5) is 0 Å². The zero-order valence-corrected chi connectivity index (χ0v) is 16.0. The minimum atomic E-state index is -3.76. The lowest BCUT2D eigenvalue weighted by atomic mass is 10.2. The van der Waals surface area contributed by atoms with E-state index in [0.29, 0.717) is 47.5 Å². The molecule has 0 amide bonds. The van der Waals surface area contributed by atoms with Crippen LogP contribution in [0.5, 0.6) is 11.5 Å². The van der Waals surface area contributed by atoms with Crippen molar-refractivity contribution in [2.45, 2.75) is 4.90 Å². The summed E-state index contributed by atoms with van der Waals surface area (Å²) in [5, 5.41) is 3.91. The largest absolute Gasteiger partial charge is 0.456 e. The summed E-state index contributed by atoms with van der Waals surface area (Å²) in [7, 11) is -3.76. The molecule has 1 aliphatic rings. The summed E-state index contributed by atoms with van der Waals surface area (Å²) in [6.45, 7) is 1.94. The monoisotopic (exact) mass is 410 g/mol. The van der Waals surface area contributed by atoms with Crippen LogP contribution in [0.25, 0.3) is 0 Å². The SMILES string of the molecule is C#Cc1ccc(Oc2cc(Cl)cc(Cl)c2)c(S(=O)(=O)N2CCNCC2)c1. The summed E-state index contributed by atoms with van der Waals surface area (Å²) in [6.07, 6.45) is 5.44. The Kier molecular flexibility index (Phi) is 5.76. The van der Waals surface area contributed by atoms with Gasteiger partial charge in [-0.05, 0) is 36.4 Å². The maximum absolute atomic E-state index is 13.1. The molecule has 0 atom stereocenters. The molecule has 0 unspecified atom stereocenters. The van der Waals surface area contributed by atoms with Crippen LogP contribution >= 0.6 is 23.2 Å². The number of nitrogens with one attached hydrogen (secondary N) is 1. The maximum Gasteiger partial charge on any atom is 0.246 e. The molecule has 1 saturated heterocycles. The molecule has 8 heteroatoms. The van der Waals surface area contributed by atoms with Gasteiger partial charge in [-0.15, -0.1) is 6.42 Å². The Labute approximate surface area is 162 Å². The number of terminal acetylenes is 1. The number of rotatable bonds is 4. The topological polar surface area (TPSA) is 58.6 Å². The van der Waals surface area contributed by atoms with Crippen LogP contribution in [0, 0.1) is 12.3 Å². The van der Waals surface area contributed by atoms with Crippen LogP contribution in [-0.2, 0) is 10.0 Å². The Morgan fingerprint density at radius 1 is 1.08 bits per heavy atom. The van der Waals surface area contributed by atoms with Crippen LogP contribution in [0.2, 0.25) is 10.0 Å². The number of benzene rings is 2. The molecule has 0 aromatic heterocycles. The van der Waals surface area contributed by atoms with Crippen LogP contribution < -0.4 is 10.1 Å². The van der Waals surface area contributed by atoms with Crippen molar-refractivity contribution in [3.63, 3.8) is 0 Å². The minimum absolute atomic E-state index is 0.0194. The van der Waals surface area contributed by atoms with E-state index >= 15 is 0 Å². The zero-order valence-electron chi connectivity index (χ0n) is 13.7. The highest BCUT2D eigenvalue weighted by Crippen LogP contribution is 2.34. The molecule has 5 nitrogen and oxygen atoms in total. The first-order chi connectivity index (χ1) is 12.4. The normalized spacial score (nSPS) is 15.4. The zero-order chi connectivity index (χ0) is 18.7. The van der Waals surface area contributed by atoms with Crippen molar-refractivity contribution in [2.24, 2.45) is 0 Å². The number of nitrogens with zero attached hydrogens (tertiary/aromatic N) is 1. The predicted molar refractivity (Wildman–Crippen MR) is 103 cm³/mol. The number of hydrogen-bond donors (Lipinski definition) is 1. The molecule has 0 spiro atoms. The Balaban J connectivity index is 2.04. The van der Waals surface area contributed by atoms with Crippen LogP contribution in [0.1, 0.15) is 5.56 Å². The first-order valence-corrected chi connectivity index (χ1v) is 10.1. The lowest BCUT2D eigenvalue weighted by Gasteiger charge is -2.27. The smallest absolute Gasteiger partial charge is 0.246 e. The van der Waals surface area contributed by atoms with Gasteiger partial charge in [-0.3, -0.25) is 0 Å². The highest BCUT2D eigenvalue weighted by molar-refractivity contribution is 7.89. The molecule has 0 radical (unpaired) electrons. The van der Waals surface area contributed by atoms with Crippen molar-refractivity contribution in [1.82, 2.24) is 9.62 Å². The summed E-state index contributed by atoms with van der Waals surface area (Å²) in [5.74, 6) is 2.97. The van der Waals surface area contributed by atoms with Gasteiger partial charge in [-0.25, -0.2) is 8.42 Å². The molecule has 3 rings (SSSR count). The minimum Gasteiger partial charge on any atom is -0.456 e. The van der Waals surface area contributed by atoms with Gasteiger partial charge < -0.3 is 10.1 Å². The molecule has 0 saturated carbocycles. The lowest BCUT2D eigenvalue weighted by Crippen LogP contribution is -2.46. The lowest BCUT2D eigenvalue weighted by molar-refractivity contribution is 0.358. The van der Waals surface area contributed by atoms with Crippen LogP contribution in [0.15, 0.2) is 41.3 Å². The second-order valence-corrected chi connectivity index (χ2v) is 8.45. The number of piperazine rings is 1. The third kappa shape index (κ3) is 4.14. The fourth-order valence-electron chi connectivity index (χ4n) is 2.62. The fourth-order valence-corrected chi connectivity index (χ4v) is 4.71. The van der Waals surface area contributed by atoms with E-state index in [9.17, 15) is 8.42 Å². The van der Waals surface area contributed by atoms with Crippen molar-refractivity contribution in [2.75, 3.05) is 26.2 Å². The van der Waals surface area contributed by atoms with E-state index in [1.54, 1.807) is 30.3 Å². The van der Waals surface area contributed by atoms with Gasteiger partial charge in [0.2, 0.25) is 10.0 Å². The first kappa shape index (κ1) is 19.0. The highest BCUT2D eigenvalue weighted by Gasteiger charge is 2.29. The van der Waals surface area contributed by atoms with Crippen LogP contribution in [-0.4, -0.2) is 38.9 Å². The van der Waals surface area contributed by atoms with Gasteiger partial charge in [0.15, 0.2) is 0 Å². The highest BCUT2D eigenvalue weighted by atomic mass is 35.5. The fraction of sp³-hybridized carbons (Fsp3) is 0.222. The molecule has 0 aliphatic carbocycles. The van der Waals surface area contributed by atoms with Crippen molar-refractivity contribution >= 4 is 33.2 Å². The third-order valence-corrected chi connectivity index (χ3v) is 6.22. The maximum atomic E-state index is 13.1. The van der Waals surface area contributed by atoms with Crippen molar-refractivity contribution in [3.05, 3.63) is 52.0 Å². The van der Waals surface area contributed by atoms with Crippen molar-refractivity contribution in [1.29, 1.82) is 0 Å². The summed E-state index contributed by atoms with van der Waals surface area (Å²) >= 11 is 12.0. The van der Waals surface area contributed by atoms with E-state index in [1.165, 1.54) is 10.4 Å². The van der Waals surface area contributed by atoms with Gasteiger partial charge in [0.05, 0.1) is 0 Å². The molecule has 136 valence electrons. The van der Waals surface area contributed by atoms with Gasteiger partial charge in [-0.1, -0.05) is 29.1 Å². The number of halogens is 2. The second kappa shape index (κ2) is 7.87. The van der Waals surface area contributed by atoms with Crippen molar-refractivity contribution < 1.29 is 13.2 Å². The van der Waals surface area contributed by atoms with Gasteiger partial charge in [0.1, 0.15) is 16.4 Å². The Hall–Kier alpha value is -1.75. The molecule has 2 aromatic carbocycles. The van der Waals surface area contributed by atoms with E-state index in [2.05, 4.69) is 11.2 Å². The number of sulfonamides is 1. The Bertz CT molecular complexity index is 945. The van der Waals surface area contributed by atoms with Gasteiger partial charge in [0, 0.05) is 41.8 Å². The average molecular weight is 411 g/mol. The van der Waals surface area contributed by atoms with Crippen LogP contribution in [0.3, 0.4) is 0 Å². The summed E-state index contributed by atoms with van der Waals surface area (Å²) in [6, 6.07) is 9.29. The second-order valence-electron chi connectivity index (χ2n) is 5.67. The molecule has 1 heterocycles. The Morgan fingerprint density at radius 3 is 2.35 bits per heavy atom. The number of hydrogen-bond acceptors (Lipinski definition) is 4. The standard InChI is InChI=1S/C18H16Cl2N2O3S/c1-2-13-3-4-17(25-16-11-14(19)10-15(20)12-16)18(9-13)26(23,24)22-7-5-21-6-8-22/h1,3-4,9-12,21H,5-8H2. The molecule has 26 heavy (non-hydrogen) atoms. The molecule has 2 aromatic rings.